The van der Waals surface area contributed by atoms with Crippen molar-refractivity contribution in [3.63, 3.8) is 0 Å². The number of H-pyrrole nitrogens is 1. The molecule has 0 spiro atoms. The van der Waals surface area contributed by atoms with Crippen molar-refractivity contribution in [3.05, 3.63) is 60.3 Å². The lowest BCUT2D eigenvalue weighted by atomic mass is 9.93. The molecule has 188 valence electrons. The van der Waals surface area contributed by atoms with Crippen molar-refractivity contribution < 1.29 is 23.1 Å². The van der Waals surface area contributed by atoms with Crippen LogP contribution in [0.25, 0.3) is 10.9 Å². The van der Waals surface area contributed by atoms with Crippen molar-refractivity contribution in [3.8, 4) is 5.75 Å². The first-order chi connectivity index (χ1) is 16.9. The smallest absolute Gasteiger partial charge is 0.322 e. The van der Waals surface area contributed by atoms with Gasteiger partial charge in [-0.3, -0.25) is 4.79 Å². The van der Waals surface area contributed by atoms with Gasteiger partial charge in [0.1, 0.15) is 11.8 Å². The minimum absolute atomic E-state index is 0.00109. The Morgan fingerprint density at radius 3 is 2.63 bits per heavy atom. The summed E-state index contributed by atoms with van der Waals surface area (Å²) in [6.07, 6.45) is 7.61. The average molecular weight is 500 g/mol. The summed E-state index contributed by atoms with van der Waals surface area (Å²) in [5.74, 6) is 0.300. The number of rotatable bonds is 12. The first-order valence-electron chi connectivity index (χ1n) is 12.2. The molecule has 0 saturated carbocycles. The Morgan fingerprint density at radius 1 is 1.11 bits per heavy atom. The van der Waals surface area contributed by atoms with E-state index in [0.29, 0.717) is 12.2 Å². The molecule has 2 aromatic carbocycles. The van der Waals surface area contributed by atoms with Crippen LogP contribution >= 0.6 is 0 Å². The second-order valence-electron chi connectivity index (χ2n) is 9.09. The first kappa shape index (κ1) is 25.2. The van der Waals surface area contributed by atoms with Gasteiger partial charge in [-0.05, 0) is 80.6 Å². The molecule has 35 heavy (non-hydrogen) atoms. The van der Waals surface area contributed by atoms with Gasteiger partial charge in [0.2, 0.25) is 10.0 Å². The predicted molar refractivity (Wildman–Crippen MR) is 135 cm³/mol. The van der Waals surface area contributed by atoms with Gasteiger partial charge in [-0.2, -0.15) is 4.72 Å². The van der Waals surface area contributed by atoms with E-state index in [4.69, 9.17) is 4.74 Å². The molecule has 0 radical (unpaired) electrons. The largest absolute Gasteiger partial charge is 0.494 e. The Balaban J connectivity index is 1.37. The fourth-order valence-corrected chi connectivity index (χ4v) is 5.78. The zero-order chi connectivity index (χ0) is 24.7. The molecule has 1 aliphatic heterocycles. The van der Waals surface area contributed by atoms with E-state index >= 15 is 0 Å². The van der Waals surface area contributed by atoms with E-state index in [2.05, 4.69) is 15.0 Å². The van der Waals surface area contributed by atoms with Gasteiger partial charge in [-0.15, -0.1) is 0 Å². The number of nitrogens with one attached hydrogen (secondary N) is 3. The van der Waals surface area contributed by atoms with Crippen molar-refractivity contribution in [1.82, 2.24) is 15.0 Å². The molecule has 4 N–H and O–H groups in total. The van der Waals surface area contributed by atoms with Crippen molar-refractivity contribution in [1.29, 1.82) is 0 Å². The summed E-state index contributed by atoms with van der Waals surface area (Å²) in [6.45, 7) is 2.87. The van der Waals surface area contributed by atoms with E-state index in [0.717, 1.165) is 48.5 Å². The Morgan fingerprint density at radius 2 is 1.89 bits per heavy atom. The zero-order valence-electron chi connectivity index (χ0n) is 19.7. The number of hydrogen-bond acceptors (Lipinski definition) is 5. The molecular formula is C26H33N3O5S. The van der Waals surface area contributed by atoms with Crippen LogP contribution < -0.4 is 14.8 Å². The zero-order valence-corrected chi connectivity index (χ0v) is 20.5. The molecular weight excluding hydrogens is 466 g/mol. The molecule has 0 bridgehead atoms. The van der Waals surface area contributed by atoms with Crippen molar-refractivity contribution >= 4 is 26.9 Å². The van der Waals surface area contributed by atoms with Gasteiger partial charge in [0, 0.05) is 23.5 Å². The lowest BCUT2D eigenvalue weighted by Gasteiger charge is -2.22. The molecule has 4 rings (SSSR count). The second kappa shape index (κ2) is 11.7. The predicted octanol–water partition coefficient (Wildman–Crippen LogP) is 3.69. The number of unbranched alkanes of at least 4 members (excludes halogenated alkanes) is 1. The summed E-state index contributed by atoms with van der Waals surface area (Å²) in [6, 6.07) is 12.1. The van der Waals surface area contributed by atoms with Gasteiger partial charge in [-0.1, -0.05) is 24.6 Å². The minimum atomic E-state index is -3.96. The monoisotopic (exact) mass is 499 g/mol. The van der Waals surface area contributed by atoms with Crippen molar-refractivity contribution in [2.75, 3.05) is 19.7 Å². The highest BCUT2D eigenvalue weighted by Crippen LogP contribution is 2.26. The van der Waals surface area contributed by atoms with Gasteiger partial charge in [0.05, 0.1) is 11.5 Å². The van der Waals surface area contributed by atoms with Gasteiger partial charge in [0.25, 0.3) is 0 Å². The minimum Gasteiger partial charge on any atom is -0.494 e. The number of sulfonamides is 1. The van der Waals surface area contributed by atoms with Crippen LogP contribution in [0.15, 0.2) is 59.6 Å². The molecule has 3 aromatic rings. The van der Waals surface area contributed by atoms with Crippen LogP contribution in [0.5, 0.6) is 5.75 Å². The van der Waals surface area contributed by atoms with Crippen LogP contribution in [0.3, 0.4) is 0 Å². The number of benzene rings is 2. The van der Waals surface area contributed by atoms with E-state index < -0.39 is 22.0 Å². The fraction of sp³-hybridized carbons (Fsp3) is 0.423. The quantitative estimate of drug-likeness (QED) is 0.282. The van der Waals surface area contributed by atoms with Crippen LogP contribution in [0.4, 0.5) is 0 Å². The summed E-state index contributed by atoms with van der Waals surface area (Å²) >= 11 is 0. The molecule has 1 aliphatic rings. The summed E-state index contributed by atoms with van der Waals surface area (Å²) in [7, 11) is -3.96. The van der Waals surface area contributed by atoms with Crippen LogP contribution in [0.1, 0.15) is 37.7 Å². The summed E-state index contributed by atoms with van der Waals surface area (Å²) in [5.41, 5.74) is 1.55. The number of ether oxygens (including phenoxy) is 1. The van der Waals surface area contributed by atoms with Crippen LogP contribution in [0, 0.1) is 5.92 Å². The molecule has 9 heteroatoms. The molecule has 0 aliphatic carbocycles. The number of aromatic nitrogens is 1. The summed E-state index contributed by atoms with van der Waals surface area (Å²) in [4.78, 5) is 15.1. The summed E-state index contributed by atoms with van der Waals surface area (Å²) in [5, 5.41) is 13.9. The third-order valence-corrected chi connectivity index (χ3v) is 8.03. The topological polar surface area (TPSA) is 121 Å². The molecule has 1 saturated heterocycles. The Labute approximate surface area is 206 Å². The highest BCUT2D eigenvalue weighted by Gasteiger charge is 2.26. The number of piperidine rings is 1. The number of hydrogen-bond donors (Lipinski definition) is 4. The number of carboxylic acid groups (broad SMARTS) is 1. The Kier molecular flexibility index (Phi) is 8.43. The lowest BCUT2D eigenvalue weighted by Crippen LogP contribution is -2.42. The molecule has 0 unspecified atom stereocenters. The first-order valence-corrected chi connectivity index (χ1v) is 13.6. The van der Waals surface area contributed by atoms with E-state index in [9.17, 15) is 18.3 Å². The van der Waals surface area contributed by atoms with E-state index in [1.807, 2.05) is 18.2 Å². The van der Waals surface area contributed by atoms with Crippen molar-refractivity contribution in [2.45, 2.75) is 49.5 Å². The number of carbonyl (C=O) groups is 1. The highest BCUT2D eigenvalue weighted by molar-refractivity contribution is 7.89. The number of aromatic amines is 1. The van der Waals surface area contributed by atoms with Crippen LogP contribution in [0.2, 0.25) is 0 Å². The van der Waals surface area contributed by atoms with Crippen LogP contribution in [-0.2, 0) is 21.2 Å². The molecule has 2 heterocycles. The maximum Gasteiger partial charge on any atom is 0.322 e. The molecule has 1 atom stereocenters. The highest BCUT2D eigenvalue weighted by atomic mass is 32.2. The molecule has 0 amide bonds. The standard InChI is InChI=1S/C26H33N3O5S/c30-26(31)25(29-35(32,33)22-7-2-1-3-8-22)16-20-18-28-24-10-9-21(17-23(20)24)34-15-5-4-6-19-11-13-27-14-12-19/h1-3,7-10,17-19,25,27-29H,4-6,11-16H2,(H,30,31)/t25-/m0/s1. The van der Waals surface area contributed by atoms with E-state index in [-0.39, 0.29) is 11.3 Å². The normalized spacial score (nSPS) is 15.8. The van der Waals surface area contributed by atoms with Gasteiger partial charge in [-0.25, -0.2) is 8.42 Å². The number of carboxylic acids is 1. The molecule has 1 aromatic heterocycles. The van der Waals surface area contributed by atoms with Crippen molar-refractivity contribution in [2.24, 2.45) is 5.92 Å². The Bertz CT molecular complexity index is 1220. The third-order valence-electron chi connectivity index (χ3n) is 6.55. The molecule has 8 nitrogen and oxygen atoms in total. The summed E-state index contributed by atoms with van der Waals surface area (Å²) < 4.78 is 33.6. The Hall–Kier alpha value is -2.88. The maximum atomic E-state index is 12.7. The number of fused-ring (bicyclic) bond motifs is 1. The second-order valence-corrected chi connectivity index (χ2v) is 10.8. The SMILES string of the molecule is O=C(O)[C@H](Cc1c[nH]c2ccc(OCCCCC3CCNCC3)cc12)NS(=O)(=O)c1ccccc1. The average Bonchev–Trinajstić information content (AvgIpc) is 3.26. The number of aliphatic carboxylic acids is 1. The van der Waals surface area contributed by atoms with Crippen LogP contribution in [-0.4, -0.2) is 50.2 Å². The van der Waals surface area contributed by atoms with Gasteiger partial charge >= 0.3 is 5.97 Å². The molecule has 1 fully saturated rings. The van der Waals surface area contributed by atoms with E-state index in [1.54, 1.807) is 24.4 Å². The third kappa shape index (κ3) is 6.84. The van der Waals surface area contributed by atoms with Gasteiger partial charge < -0.3 is 20.1 Å². The maximum absolute atomic E-state index is 12.7. The van der Waals surface area contributed by atoms with Gasteiger partial charge in [0.15, 0.2) is 0 Å². The fourth-order valence-electron chi connectivity index (χ4n) is 4.57. The van der Waals surface area contributed by atoms with E-state index in [1.165, 1.54) is 31.4 Å². The lowest BCUT2D eigenvalue weighted by molar-refractivity contribution is -0.138.